The second-order valence-corrected chi connectivity index (χ2v) is 19.4. The van der Waals surface area contributed by atoms with Gasteiger partial charge in [-0.25, -0.2) is 0 Å². The van der Waals surface area contributed by atoms with E-state index in [2.05, 4.69) is 235 Å². The molecule has 1 spiro atoms. The summed E-state index contributed by atoms with van der Waals surface area (Å²) in [5, 5.41) is 2.27. The molecule has 1 aromatic heterocycles. The van der Waals surface area contributed by atoms with Gasteiger partial charge in [0.15, 0.2) is 0 Å². The predicted octanol–water partition coefficient (Wildman–Crippen LogP) is 18.0. The largest absolute Gasteiger partial charge is 0.455 e. The number of para-hydroxylation sites is 3. The van der Waals surface area contributed by atoms with E-state index in [9.17, 15) is 0 Å². The molecule has 2 heteroatoms. The average molecular weight is 884 g/mol. The Bertz CT molecular complexity index is 3720. The van der Waals surface area contributed by atoms with E-state index in [-0.39, 0.29) is 5.41 Å². The van der Waals surface area contributed by atoms with Gasteiger partial charge in [-0.3, -0.25) is 0 Å². The molecule has 0 atom stereocenters. The van der Waals surface area contributed by atoms with E-state index in [4.69, 9.17) is 4.42 Å². The summed E-state index contributed by atoms with van der Waals surface area (Å²) in [6, 6.07) is 88.1. The molecule has 0 N–H and O–H groups in total. The zero-order chi connectivity index (χ0) is 45.5. The number of nitrogens with zero attached hydrogens (tertiary/aromatic N) is 1. The summed E-state index contributed by atoms with van der Waals surface area (Å²) >= 11 is 0. The molecule has 0 radical (unpaired) electrons. The van der Waals surface area contributed by atoms with Gasteiger partial charge in [-0.1, -0.05) is 219 Å². The Morgan fingerprint density at radius 3 is 1.71 bits per heavy atom. The maximum atomic E-state index is 6.57. The van der Waals surface area contributed by atoms with Crippen LogP contribution in [0.2, 0.25) is 0 Å². The van der Waals surface area contributed by atoms with Gasteiger partial charge >= 0.3 is 0 Å². The summed E-state index contributed by atoms with van der Waals surface area (Å²) in [5.41, 5.74) is 22.8. The molecule has 0 bridgehead atoms. The number of benzene rings is 10. The van der Waals surface area contributed by atoms with Crippen molar-refractivity contribution in [1.29, 1.82) is 0 Å². The highest BCUT2D eigenvalue weighted by Gasteiger charge is 2.47. The molecule has 3 aliphatic rings. The zero-order valence-corrected chi connectivity index (χ0v) is 38.4. The third-order valence-electron chi connectivity index (χ3n) is 16.0. The van der Waals surface area contributed by atoms with E-state index >= 15 is 0 Å². The Morgan fingerprint density at radius 2 is 0.928 bits per heavy atom. The van der Waals surface area contributed by atoms with Crippen LogP contribution in [0.1, 0.15) is 65.5 Å². The quantitative estimate of drug-likeness (QED) is 0.159. The third kappa shape index (κ3) is 5.85. The lowest BCUT2D eigenvalue weighted by Crippen LogP contribution is -2.28. The lowest BCUT2D eigenvalue weighted by atomic mass is 9.67. The molecule has 0 aliphatic heterocycles. The molecule has 11 aromatic rings. The van der Waals surface area contributed by atoms with Crippen LogP contribution in [-0.2, 0) is 10.8 Å². The fourth-order valence-corrected chi connectivity index (χ4v) is 13.1. The van der Waals surface area contributed by atoms with Gasteiger partial charge in [-0.2, -0.15) is 0 Å². The molecule has 14 rings (SSSR count). The smallest absolute Gasteiger partial charge is 0.143 e. The second-order valence-electron chi connectivity index (χ2n) is 19.4. The average Bonchev–Trinajstić information content (AvgIpc) is 4.04. The minimum Gasteiger partial charge on any atom is -0.455 e. The van der Waals surface area contributed by atoms with Crippen molar-refractivity contribution >= 4 is 39.0 Å². The minimum atomic E-state index is -0.539. The monoisotopic (exact) mass is 883 g/mol. The molecule has 1 fully saturated rings. The van der Waals surface area contributed by atoms with Crippen LogP contribution in [0.25, 0.3) is 66.4 Å². The molecular formula is C67H49NO. The fourth-order valence-electron chi connectivity index (χ4n) is 13.1. The van der Waals surface area contributed by atoms with Crippen molar-refractivity contribution in [3.05, 3.63) is 270 Å². The highest BCUT2D eigenvalue weighted by atomic mass is 16.3. The topological polar surface area (TPSA) is 16.4 Å². The summed E-state index contributed by atoms with van der Waals surface area (Å²) in [6.45, 7) is 0. The SMILES string of the molecule is c1ccc(C2(c3ccccc3)c3ccccc3-c3ccc(N(c4ccc(-c5cccc6c5oc5ccccc56)cc4)c4ccccc4-c4cccc5c4-c4ccccc4C54CCCCC4)cc32)cc1. The molecule has 10 aromatic carbocycles. The zero-order valence-electron chi connectivity index (χ0n) is 38.4. The molecule has 69 heavy (non-hydrogen) atoms. The number of anilines is 3. The first-order chi connectivity index (χ1) is 34.2. The van der Waals surface area contributed by atoms with E-state index < -0.39 is 5.41 Å². The second kappa shape index (κ2) is 15.7. The minimum absolute atomic E-state index is 0.0561. The summed E-state index contributed by atoms with van der Waals surface area (Å²) < 4.78 is 6.57. The van der Waals surface area contributed by atoms with Gasteiger partial charge in [0.2, 0.25) is 0 Å². The Balaban J connectivity index is 1.01. The first-order valence-electron chi connectivity index (χ1n) is 24.7. The number of rotatable bonds is 7. The first kappa shape index (κ1) is 39.9. The molecule has 0 unspecified atom stereocenters. The maximum absolute atomic E-state index is 6.57. The van der Waals surface area contributed by atoms with Crippen LogP contribution in [-0.4, -0.2) is 0 Å². The number of hydrogen-bond acceptors (Lipinski definition) is 2. The summed E-state index contributed by atoms with van der Waals surface area (Å²) in [6.07, 6.45) is 6.23. The van der Waals surface area contributed by atoms with Crippen molar-refractivity contribution in [2.45, 2.75) is 42.9 Å². The Labute approximate surface area is 403 Å². The Hall–Kier alpha value is -8.20. The highest BCUT2D eigenvalue weighted by molar-refractivity contribution is 6.09. The van der Waals surface area contributed by atoms with Crippen molar-refractivity contribution in [2.75, 3.05) is 4.90 Å². The van der Waals surface area contributed by atoms with E-state index in [0.717, 1.165) is 50.1 Å². The standard InChI is InChI=1S/C67H49NO/c1-4-20-46(21-5-1)67(47-22-6-2-7-23-47)59-32-13-8-24-51(59)52-41-40-49(44-61(52)67)68(48-38-36-45(37-39-48)50-28-18-30-56-54-26-11-15-35-63(54)69-65(50)56)62-34-14-10-25-53(62)55-29-19-33-60-64(55)57-27-9-12-31-58(57)66(60)42-16-3-17-43-66/h1-2,4-15,18-41,44H,3,16-17,42-43H2. The van der Waals surface area contributed by atoms with E-state index in [1.165, 1.54) is 98.9 Å². The number of hydrogen-bond donors (Lipinski definition) is 0. The summed E-state index contributed by atoms with van der Waals surface area (Å²) in [5.74, 6) is 0. The Kier molecular flexibility index (Phi) is 9.08. The maximum Gasteiger partial charge on any atom is 0.143 e. The molecule has 1 heterocycles. The van der Waals surface area contributed by atoms with E-state index in [1.54, 1.807) is 0 Å². The third-order valence-corrected chi connectivity index (χ3v) is 16.0. The normalized spacial score (nSPS) is 14.9. The molecule has 2 nitrogen and oxygen atoms in total. The highest BCUT2D eigenvalue weighted by Crippen LogP contribution is 2.60. The molecule has 328 valence electrons. The Morgan fingerprint density at radius 1 is 0.362 bits per heavy atom. The molecule has 1 saturated carbocycles. The lowest BCUT2D eigenvalue weighted by Gasteiger charge is -2.36. The van der Waals surface area contributed by atoms with Crippen LogP contribution in [0.4, 0.5) is 17.1 Å². The van der Waals surface area contributed by atoms with Gasteiger partial charge in [-0.15, -0.1) is 0 Å². The van der Waals surface area contributed by atoms with Crippen LogP contribution < -0.4 is 4.90 Å². The van der Waals surface area contributed by atoms with E-state index in [1.807, 2.05) is 6.07 Å². The van der Waals surface area contributed by atoms with Gasteiger partial charge in [-0.05, 0) is 116 Å². The van der Waals surface area contributed by atoms with Gasteiger partial charge in [0.1, 0.15) is 11.2 Å². The van der Waals surface area contributed by atoms with Gasteiger partial charge in [0.25, 0.3) is 0 Å². The van der Waals surface area contributed by atoms with Crippen LogP contribution >= 0.6 is 0 Å². The van der Waals surface area contributed by atoms with Crippen molar-refractivity contribution < 1.29 is 4.42 Å². The van der Waals surface area contributed by atoms with Crippen molar-refractivity contribution in [1.82, 2.24) is 0 Å². The van der Waals surface area contributed by atoms with Crippen LogP contribution in [0.15, 0.2) is 241 Å². The van der Waals surface area contributed by atoms with Crippen LogP contribution in [0.3, 0.4) is 0 Å². The van der Waals surface area contributed by atoms with E-state index in [0.29, 0.717) is 0 Å². The van der Waals surface area contributed by atoms with Crippen molar-refractivity contribution in [3.63, 3.8) is 0 Å². The van der Waals surface area contributed by atoms with Crippen molar-refractivity contribution in [3.8, 4) is 44.5 Å². The molecular weight excluding hydrogens is 835 g/mol. The van der Waals surface area contributed by atoms with Crippen LogP contribution in [0.5, 0.6) is 0 Å². The van der Waals surface area contributed by atoms with Gasteiger partial charge in [0, 0.05) is 38.7 Å². The number of furan rings is 1. The first-order valence-corrected chi connectivity index (χ1v) is 24.7. The summed E-state index contributed by atoms with van der Waals surface area (Å²) in [4.78, 5) is 2.52. The molecule has 0 amide bonds. The molecule has 3 aliphatic carbocycles. The fraction of sp³-hybridized carbons (Fsp3) is 0.104. The lowest BCUT2D eigenvalue weighted by molar-refractivity contribution is 0.353. The van der Waals surface area contributed by atoms with Crippen molar-refractivity contribution in [2.24, 2.45) is 0 Å². The van der Waals surface area contributed by atoms with Gasteiger partial charge in [0.05, 0.1) is 11.1 Å². The summed E-state index contributed by atoms with van der Waals surface area (Å²) in [7, 11) is 0. The van der Waals surface area contributed by atoms with Gasteiger partial charge < -0.3 is 9.32 Å². The number of fused-ring (bicyclic) bond motifs is 11. The van der Waals surface area contributed by atoms with Crippen LogP contribution in [0, 0.1) is 0 Å². The molecule has 0 saturated heterocycles. The predicted molar refractivity (Wildman–Crippen MR) is 286 cm³/mol.